The number of hydrogen-bond donors (Lipinski definition) is 1. The Balaban J connectivity index is 0.000000151. The van der Waals surface area contributed by atoms with Crippen LogP contribution in [-0.2, 0) is 12.5 Å². The van der Waals surface area contributed by atoms with Crippen LogP contribution >= 0.6 is 45.9 Å². The minimum Gasteiger partial charge on any atom is -0.391 e. The summed E-state index contributed by atoms with van der Waals surface area (Å²) in [5, 5.41) is 8.40. The molecule has 2 aromatic heterocycles. The number of thiazole rings is 2. The van der Waals surface area contributed by atoms with E-state index in [1.807, 2.05) is 0 Å². The van der Waals surface area contributed by atoms with Crippen molar-refractivity contribution in [1.82, 2.24) is 9.97 Å². The van der Waals surface area contributed by atoms with Gasteiger partial charge in [-0.3, -0.25) is 4.98 Å². The van der Waals surface area contributed by atoms with Gasteiger partial charge in [0.1, 0.15) is 0 Å². The van der Waals surface area contributed by atoms with Crippen LogP contribution in [0.3, 0.4) is 0 Å². The van der Waals surface area contributed by atoms with Crippen LogP contribution in [0.4, 0.5) is 0 Å². The number of hydrogen-bond acceptors (Lipinski definition) is 5. The standard InChI is InChI=1S/C4H3Cl2NS.C4H5NOS/c5-1-3-2-7-4(6)8-3;6-2-4-1-5-3-7-4/h2H,1H2;1,3,6H,2H2. The molecule has 0 aromatic carbocycles. The van der Waals surface area contributed by atoms with Gasteiger partial charge in [0.05, 0.1) is 18.0 Å². The van der Waals surface area contributed by atoms with Gasteiger partial charge in [-0.1, -0.05) is 11.6 Å². The monoisotopic (exact) mass is 282 g/mol. The Kier molecular flexibility index (Phi) is 6.12. The molecule has 0 unspecified atom stereocenters. The number of aliphatic hydroxyl groups is 1. The van der Waals surface area contributed by atoms with E-state index < -0.39 is 0 Å². The van der Waals surface area contributed by atoms with Crippen molar-refractivity contribution < 1.29 is 5.11 Å². The first kappa shape index (κ1) is 12.9. The van der Waals surface area contributed by atoms with E-state index in [1.54, 1.807) is 17.9 Å². The predicted molar refractivity (Wildman–Crippen MR) is 64.7 cm³/mol. The molecule has 82 valence electrons. The van der Waals surface area contributed by atoms with Crippen LogP contribution in [0, 0.1) is 0 Å². The topological polar surface area (TPSA) is 46.0 Å². The van der Waals surface area contributed by atoms with E-state index in [2.05, 4.69) is 9.97 Å². The molecular formula is C8H8Cl2N2OS2. The molecule has 0 aliphatic rings. The van der Waals surface area contributed by atoms with Gasteiger partial charge in [0.2, 0.25) is 0 Å². The number of rotatable bonds is 2. The lowest BCUT2D eigenvalue weighted by molar-refractivity contribution is 0.285. The molecule has 0 atom stereocenters. The lowest BCUT2D eigenvalue weighted by atomic mass is 10.6. The first-order valence-corrected chi connectivity index (χ1v) is 6.51. The molecule has 7 heteroatoms. The summed E-state index contributed by atoms with van der Waals surface area (Å²) >= 11 is 13.8. The van der Waals surface area contributed by atoms with Crippen molar-refractivity contribution in [2.45, 2.75) is 12.5 Å². The Morgan fingerprint density at radius 2 is 2.13 bits per heavy atom. The highest BCUT2D eigenvalue weighted by molar-refractivity contribution is 7.15. The number of halogens is 2. The van der Waals surface area contributed by atoms with E-state index in [4.69, 9.17) is 28.3 Å². The Bertz CT molecular complexity index is 378. The molecule has 0 saturated heterocycles. The van der Waals surface area contributed by atoms with E-state index >= 15 is 0 Å². The number of aromatic nitrogens is 2. The third-order valence-corrected chi connectivity index (χ3v) is 3.62. The van der Waals surface area contributed by atoms with Gasteiger partial charge in [0, 0.05) is 22.1 Å². The van der Waals surface area contributed by atoms with E-state index in [0.29, 0.717) is 10.3 Å². The van der Waals surface area contributed by atoms with Crippen molar-refractivity contribution in [3.63, 3.8) is 0 Å². The van der Waals surface area contributed by atoms with E-state index in [9.17, 15) is 0 Å². The molecule has 2 heterocycles. The molecule has 0 saturated carbocycles. The molecule has 15 heavy (non-hydrogen) atoms. The van der Waals surface area contributed by atoms with Crippen molar-refractivity contribution in [2.24, 2.45) is 0 Å². The Hall–Kier alpha value is -0.200. The maximum Gasteiger partial charge on any atom is 0.183 e. The van der Waals surface area contributed by atoms with Gasteiger partial charge in [0.15, 0.2) is 4.47 Å². The molecule has 0 radical (unpaired) electrons. The third-order valence-electron chi connectivity index (χ3n) is 1.30. The summed E-state index contributed by atoms with van der Waals surface area (Å²) in [7, 11) is 0. The van der Waals surface area contributed by atoms with Crippen molar-refractivity contribution >= 4 is 45.9 Å². The van der Waals surface area contributed by atoms with Crippen LogP contribution in [-0.4, -0.2) is 15.1 Å². The zero-order chi connectivity index (χ0) is 11.1. The van der Waals surface area contributed by atoms with Crippen molar-refractivity contribution in [2.75, 3.05) is 0 Å². The molecule has 0 aliphatic carbocycles. The summed E-state index contributed by atoms with van der Waals surface area (Å²) in [6.07, 6.45) is 3.34. The maximum absolute atomic E-state index is 8.40. The van der Waals surface area contributed by atoms with Crippen LogP contribution in [0.25, 0.3) is 0 Å². The summed E-state index contributed by atoms with van der Waals surface area (Å²) in [4.78, 5) is 9.47. The van der Waals surface area contributed by atoms with Crippen LogP contribution in [0.1, 0.15) is 9.75 Å². The highest BCUT2D eigenvalue weighted by Crippen LogP contribution is 2.18. The molecule has 2 rings (SSSR count). The fourth-order valence-electron chi connectivity index (χ4n) is 0.666. The summed E-state index contributed by atoms with van der Waals surface area (Å²) < 4.78 is 0.556. The summed E-state index contributed by atoms with van der Waals surface area (Å²) in [5.74, 6) is 0.504. The zero-order valence-electron chi connectivity index (χ0n) is 7.56. The normalized spacial score (nSPS) is 9.53. The van der Waals surface area contributed by atoms with Crippen LogP contribution in [0.5, 0.6) is 0 Å². The van der Waals surface area contributed by atoms with Gasteiger partial charge >= 0.3 is 0 Å². The van der Waals surface area contributed by atoms with Gasteiger partial charge in [0.25, 0.3) is 0 Å². The highest BCUT2D eigenvalue weighted by Gasteiger charge is 1.94. The molecule has 0 spiro atoms. The van der Waals surface area contributed by atoms with Gasteiger partial charge in [-0.2, -0.15) is 0 Å². The van der Waals surface area contributed by atoms with Crippen LogP contribution in [0.2, 0.25) is 4.47 Å². The van der Waals surface area contributed by atoms with Crippen LogP contribution in [0.15, 0.2) is 17.9 Å². The largest absolute Gasteiger partial charge is 0.391 e. The molecular weight excluding hydrogens is 275 g/mol. The molecule has 2 aromatic rings. The van der Waals surface area contributed by atoms with Gasteiger partial charge in [-0.15, -0.1) is 34.3 Å². The SMILES string of the molecule is ClCc1cnc(Cl)s1.OCc1cncs1. The van der Waals surface area contributed by atoms with Crippen molar-refractivity contribution in [3.05, 3.63) is 32.1 Å². The second-order valence-corrected chi connectivity index (χ2v) is 5.27. The van der Waals surface area contributed by atoms with Gasteiger partial charge < -0.3 is 5.11 Å². The summed E-state index contributed by atoms with van der Waals surface area (Å²) in [6.45, 7) is 0.116. The molecule has 0 fully saturated rings. The molecule has 1 N–H and O–H groups in total. The van der Waals surface area contributed by atoms with E-state index in [0.717, 1.165) is 9.75 Å². The first-order valence-electron chi connectivity index (χ1n) is 3.90. The minimum atomic E-state index is 0.116. The average Bonchev–Trinajstić information content (AvgIpc) is 2.88. The number of aliphatic hydroxyl groups excluding tert-OH is 1. The fourth-order valence-corrected chi connectivity index (χ4v) is 2.18. The highest BCUT2D eigenvalue weighted by atomic mass is 35.5. The Morgan fingerprint density at radius 1 is 1.33 bits per heavy atom. The quantitative estimate of drug-likeness (QED) is 0.861. The Labute approximate surface area is 105 Å². The average molecular weight is 283 g/mol. The number of alkyl halides is 1. The molecule has 0 amide bonds. The molecule has 3 nitrogen and oxygen atoms in total. The minimum absolute atomic E-state index is 0.116. The lowest BCUT2D eigenvalue weighted by Crippen LogP contribution is -1.70. The molecule has 0 aliphatic heterocycles. The predicted octanol–water partition coefficient (Wildman–Crippen LogP) is 3.17. The summed E-state index contributed by atoms with van der Waals surface area (Å²) in [6, 6.07) is 0. The van der Waals surface area contributed by atoms with Gasteiger partial charge in [-0.05, 0) is 0 Å². The smallest absolute Gasteiger partial charge is 0.183 e. The van der Waals surface area contributed by atoms with E-state index in [-0.39, 0.29) is 6.61 Å². The second-order valence-electron chi connectivity index (χ2n) is 2.34. The fraction of sp³-hybridized carbons (Fsp3) is 0.250. The second kappa shape index (κ2) is 7.14. The maximum atomic E-state index is 8.40. The summed E-state index contributed by atoms with van der Waals surface area (Å²) in [5.41, 5.74) is 1.70. The van der Waals surface area contributed by atoms with Crippen molar-refractivity contribution in [3.8, 4) is 0 Å². The lowest BCUT2D eigenvalue weighted by Gasteiger charge is -1.76. The van der Waals surface area contributed by atoms with Crippen LogP contribution < -0.4 is 0 Å². The van der Waals surface area contributed by atoms with Crippen molar-refractivity contribution in [1.29, 1.82) is 0 Å². The third kappa shape index (κ3) is 4.90. The van der Waals surface area contributed by atoms with Gasteiger partial charge in [-0.25, -0.2) is 4.98 Å². The number of nitrogens with zero attached hydrogens (tertiary/aromatic N) is 2. The first-order chi connectivity index (χ1) is 7.26. The van der Waals surface area contributed by atoms with E-state index in [1.165, 1.54) is 22.7 Å². The Morgan fingerprint density at radius 3 is 2.40 bits per heavy atom. The zero-order valence-corrected chi connectivity index (χ0v) is 10.7. The molecule has 0 bridgehead atoms.